The molecule has 220 valence electrons. The second kappa shape index (κ2) is 14.4. The van der Waals surface area contributed by atoms with Crippen LogP contribution in [0.1, 0.15) is 38.7 Å². The van der Waals surface area contributed by atoms with Crippen LogP contribution in [0.2, 0.25) is 0 Å². The number of methoxy groups -OCH3 is 2. The van der Waals surface area contributed by atoms with Crippen molar-refractivity contribution in [3.63, 3.8) is 0 Å². The molecule has 44 heavy (non-hydrogen) atoms. The van der Waals surface area contributed by atoms with E-state index in [2.05, 4.69) is 10.6 Å². The SMILES string of the molecule is COC(=O)c1cc(NC(=O)Nc2ccc(C=Cc3ccc(OC)cc3)cc2)ccc1OC(c1ccccc1)c1ccccc1. The minimum atomic E-state index is -0.581. The Kier molecular flexibility index (Phi) is 9.69. The number of hydrogen-bond donors (Lipinski definition) is 2. The third-order valence-electron chi connectivity index (χ3n) is 6.84. The van der Waals surface area contributed by atoms with Gasteiger partial charge in [0.05, 0.1) is 14.2 Å². The molecule has 0 fully saturated rings. The van der Waals surface area contributed by atoms with Gasteiger partial charge in [-0.15, -0.1) is 0 Å². The number of carbonyl (C=O) groups excluding carboxylic acids is 2. The Morgan fingerprint density at radius 1 is 0.636 bits per heavy atom. The molecule has 0 radical (unpaired) electrons. The summed E-state index contributed by atoms with van der Waals surface area (Å²) >= 11 is 0. The van der Waals surface area contributed by atoms with E-state index in [1.165, 1.54) is 7.11 Å². The summed E-state index contributed by atoms with van der Waals surface area (Å²) in [6.07, 6.45) is 3.53. The van der Waals surface area contributed by atoms with Gasteiger partial charge in [-0.05, 0) is 64.7 Å². The first-order valence-corrected chi connectivity index (χ1v) is 14.0. The maximum atomic E-state index is 12.8. The molecular weight excluding hydrogens is 552 g/mol. The molecule has 7 heteroatoms. The van der Waals surface area contributed by atoms with Gasteiger partial charge in [0.2, 0.25) is 0 Å². The Morgan fingerprint density at radius 3 is 1.70 bits per heavy atom. The fraction of sp³-hybridized carbons (Fsp3) is 0.0811. The summed E-state index contributed by atoms with van der Waals surface area (Å²) in [7, 11) is 2.95. The van der Waals surface area contributed by atoms with Gasteiger partial charge in [0.1, 0.15) is 23.2 Å². The van der Waals surface area contributed by atoms with Crippen molar-refractivity contribution in [3.05, 3.63) is 155 Å². The smallest absolute Gasteiger partial charge is 0.341 e. The number of nitrogens with one attached hydrogen (secondary N) is 2. The summed E-state index contributed by atoms with van der Waals surface area (Å²) < 4.78 is 16.7. The van der Waals surface area contributed by atoms with Gasteiger partial charge >= 0.3 is 12.0 Å². The number of carbonyl (C=O) groups is 2. The number of ether oxygens (including phenoxy) is 3. The molecule has 2 amide bonds. The molecule has 5 aromatic rings. The lowest BCUT2D eigenvalue weighted by Gasteiger charge is -2.22. The normalized spacial score (nSPS) is 10.8. The van der Waals surface area contributed by atoms with Crippen molar-refractivity contribution < 1.29 is 23.8 Å². The topological polar surface area (TPSA) is 85.9 Å². The number of amides is 2. The highest BCUT2D eigenvalue weighted by molar-refractivity contribution is 6.01. The number of hydrogen-bond acceptors (Lipinski definition) is 5. The van der Waals surface area contributed by atoms with Crippen LogP contribution in [0.25, 0.3) is 12.2 Å². The number of anilines is 2. The van der Waals surface area contributed by atoms with E-state index >= 15 is 0 Å². The van der Waals surface area contributed by atoms with E-state index in [0.717, 1.165) is 28.0 Å². The van der Waals surface area contributed by atoms with Crippen LogP contribution in [0.5, 0.6) is 11.5 Å². The first-order valence-electron chi connectivity index (χ1n) is 14.0. The number of rotatable bonds is 10. The Balaban J connectivity index is 1.27. The van der Waals surface area contributed by atoms with Gasteiger partial charge in [0.15, 0.2) is 0 Å². The predicted octanol–water partition coefficient (Wildman–Crippen LogP) is 8.46. The van der Waals surface area contributed by atoms with Crippen LogP contribution in [0.15, 0.2) is 127 Å². The highest BCUT2D eigenvalue weighted by atomic mass is 16.5. The quantitative estimate of drug-likeness (QED) is 0.127. The molecule has 0 aliphatic carbocycles. The van der Waals surface area contributed by atoms with Gasteiger partial charge in [0.25, 0.3) is 0 Å². The molecule has 5 aromatic carbocycles. The molecule has 0 saturated heterocycles. The summed E-state index contributed by atoms with van der Waals surface area (Å²) in [6, 6.07) is 39.2. The summed E-state index contributed by atoms with van der Waals surface area (Å²) in [5.41, 5.74) is 5.10. The molecule has 0 aliphatic heterocycles. The molecule has 0 unspecified atom stereocenters. The summed E-state index contributed by atoms with van der Waals surface area (Å²) in [6.45, 7) is 0. The molecule has 0 spiro atoms. The van der Waals surface area contributed by atoms with Gasteiger partial charge in [-0.25, -0.2) is 9.59 Å². The first-order chi connectivity index (χ1) is 21.5. The van der Waals surface area contributed by atoms with Crippen molar-refractivity contribution in [1.29, 1.82) is 0 Å². The highest BCUT2D eigenvalue weighted by Gasteiger charge is 2.21. The summed E-state index contributed by atoms with van der Waals surface area (Å²) in [4.78, 5) is 25.6. The summed E-state index contributed by atoms with van der Waals surface area (Å²) in [5, 5.41) is 5.61. The first kappa shape index (κ1) is 29.7. The van der Waals surface area contributed by atoms with E-state index in [-0.39, 0.29) is 5.56 Å². The Morgan fingerprint density at radius 2 is 1.16 bits per heavy atom. The molecule has 0 aromatic heterocycles. The average Bonchev–Trinajstić information content (AvgIpc) is 3.08. The maximum absolute atomic E-state index is 12.8. The molecule has 0 bridgehead atoms. The third-order valence-corrected chi connectivity index (χ3v) is 6.84. The van der Waals surface area contributed by atoms with Crippen molar-refractivity contribution in [2.75, 3.05) is 24.9 Å². The Hall–Kier alpha value is -5.82. The molecule has 0 saturated carbocycles. The van der Waals surface area contributed by atoms with E-state index in [0.29, 0.717) is 17.1 Å². The fourth-order valence-corrected chi connectivity index (χ4v) is 4.57. The zero-order valence-electron chi connectivity index (χ0n) is 24.4. The van der Waals surface area contributed by atoms with E-state index in [9.17, 15) is 9.59 Å². The number of esters is 1. The molecule has 0 atom stereocenters. The Labute approximate surface area is 256 Å². The van der Waals surface area contributed by atoms with Gasteiger partial charge in [0, 0.05) is 11.4 Å². The van der Waals surface area contributed by atoms with Gasteiger partial charge in [-0.3, -0.25) is 0 Å². The van der Waals surface area contributed by atoms with Crippen molar-refractivity contribution >= 4 is 35.5 Å². The van der Waals surface area contributed by atoms with Crippen molar-refractivity contribution in [3.8, 4) is 11.5 Å². The van der Waals surface area contributed by atoms with Crippen LogP contribution in [0, 0.1) is 0 Å². The third kappa shape index (κ3) is 7.72. The standard InChI is InChI=1S/C37H32N2O5/c1-42-32-22-17-27(18-23-32)14-13-26-15-19-30(20-16-26)38-37(41)39-31-21-24-34(33(25-31)36(40)43-2)44-35(28-9-5-3-6-10-28)29-11-7-4-8-12-29/h3-25,35H,1-2H3,(H2,38,39,41). The lowest BCUT2D eigenvalue weighted by molar-refractivity contribution is 0.0594. The van der Waals surface area contributed by atoms with E-state index in [1.54, 1.807) is 25.3 Å². The van der Waals surface area contributed by atoms with Gasteiger partial charge < -0.3 is 24.8 Å². The van der Waals surface area contributed by atoms with Crippen LogP contribution in [-0.2, 0) is 4.74 Å². The predicted molar refractivity (Wildman–Crippen MR) is 174 cm³/mol. The molecule has 7 nitrogen and oxygen atoms in total. The summed E-state index contributed by atoms with van der Waals surface area (Å²) in [5.74, 6) is 0.558. The zero-order valence-corrected chi connectivity index (χ0v) is 24.4. The number of benzene rings is 5. The van der Waals surface area contributed by atoms with Crippen LogP contribution in [-0.4, -0.2) is 26.2 Å². The van der Waals surface area contributed by atoms with Gasteiger partial charge in [-0.1, -0.05) is 97.1 Å². The average molecular weight is 585 g/mol. The van der Waals surface area contributed by atoms with Crippen molar-refractivity contribution in [1.82, 2.24) is 0 Å². The molecule has 5 rings (SSSR count). The van der Waals surface area contributed by atoms with Crippen LogP contribution < -0.4 is 20.1 Å². The zero-order chi connectivity index (χ0) is 30.7. The Bertz CT molecular complexity index is 1680. The molecule has 0 aliphatic rings. The minimum Gasteiger partial charge on any atom is -0.497 e. The van der Waals surface area contributed by atoms with E-state index < -0.39 is 18.1 Å². The van der Waals surface area contributed by atoms with Gasteiger partial charge in [-0.2, -0.15) is 0 Å². The lowest BCUT2D eigenvalue weighted by atomic mass is 10.0. The maximum Gasteiger partial charge on any atom is 0.341 e. The second-order valence-corrected chi connectivity index (χ2v) is 9.83. The lowest BCUT2D eigenvalue weighted by Crippen LogP contribution is -2.20. The molecule has 2 N–H and O–H groups in total. The van der Waals surface area contributed by atoms with Crippen LogP contribution >= 0.6 is 0 Å². The van der Waals surface area contributed by atoms with Crippen molar-refractivity contribution in [2.24, 2.45) is 0 Å². The fourth-order valence-electron chi connectivity index (χ4n) is 4.57. The minimum absolute atomic E-state index is 0.190. The highest BCUT2D eigenvalue weighted by Crippen LogP contribution is 2.32. The second-order valence-electron chi connectivity index (χ2n) is 9.83. The largest absolute Gasteiger partial charge is 0.497 e. The van der Waals surface area contributed by atoms with E-state index in [1.807, 2.05) is 121 Å². The van der Waals surface area contributed by atoms with Crippen molar-refractivity contribution in [2.45, 2.75) is 6.10 Å². The van der Waals surface area contributed by atoms with E-state index in [4.69, 9.17) is 14.2 Å². The number of urea groups is 1. The van der Waals surface area contributed by atoms with Crippen LogP contribution in [0.4, 0.5) is 16.2 Å². The van der Waals surface area contributed by atoms with Crippen LogP contribution in [0.3, 0.4) is 0 Å². The molecular formula is C37H32N2O5. The molecule has 0 heterocycles. The monoisotopic (exact) mass is 584 g/mol.